The van der Waals surface area contributed by atoms with Crippen LogP contribution in [0.1, 0.15) is 27.8 Å². The highest BCUT2D eigenvalue weighted by Gasteiger charge is 2.26. The lowest BCUT2D eigenvalue weighted by molar-refractivity contribution is -0.115. The van der Waals surface area contributed by atoms with Gasteiger partial charge in [-0.05, 0) is 60.9 Å². The fraction of sp³-hybridized carbons (Fsp3) is 0.160. The minimum Gasteiger partial charge on any atom is -0.486 e. The van der Waals surface area contributed by atoms with E-state index in [0.29, 0.717) is 16.7 Å². The molecule has 1 heterocycles. The van der Waals surface area contributed by atoms with Crippen molar-refractivity contribution < 1.29 is 13.9 Å². The van der Waals surface area contributed by atoms with Crippen molar-refractivity contribution in [1.82, 2.24) is 14.9 Å². The van der Waals surface area contributed by atoms with Gasteiger partial charge in [0.25, 0.3) is 0 Å². The molecular weight excluding hydrogens is 453 g/mol. The van der Waals surface area contributed by atoms with Crippen molar-refractivity contribution in [3.8, 4) is 5.75 Å². The smallest absolute Gasteiger partial charge is 0.242 e. The zero-order chi connectivity index (χ0) is 24.1. The molecule has 0 aliphatic rings. The first-order chi connectivity index (χ1) is 16.4. The van der Waals surface area contributed by atoms with Crippen molar-refractivity contribution in [3.05, 3.63) is 101 Å². The number of nitrogen functional groups attached to an aromatic ring is 1. The number of ether oxygens (including phenoxy) is 1. The molecule has 174 valence electrons. The lowest BCUT2D eigenvalue weighted by Gasteiger charge is -2.17. The van der Waals surface area contributed by atoms with Crippen molar-refractivity contribution in [2.45, 2.75) is 30.9 Å². The maximum atomic E-state index is 13.4. The first-order valence-electron chi connectivity index (χ1n) is 10.6. The van der Waals surface area contributed by atoms with Gasteiger partial charge in [0, 0.05) is 5.69 Å². The van der Waals surface area contributed by atoms with E-state index in [9.17, 15) is 9.18 Å². The van der Waals surface area contributed by atoms with Crippen molar-refractivity contribution in [1.29, 1.82) is 0 Å². The van der Waals surface area contributed by atoms with Gasteiger partial charge in [0.05, 0.1) is 0 Å². The number of aryl methyl sites for hydroxylation is 2. The predicted octanol–water partition coefficient (Wildman–Crippen LogP) is 4.80. The molecule has 1 unspecified atom stereocenters. The SMILES string of the molecule is Cc1ccc(C)c(NC(=O)C(Sc2nnc(COc3ccc(F)cc3)n2N)c2ccccc2)c1. The molecule has 0 aliphatic carbocycles. The Labute approximate surface area is 201 Å². The second kappa shape index (κ2) is 10.4. The van der Waals surface area contributed by atoms with Gasteiger partial charge < -0.3 is 15.9 Å². The number of hydrogen-bond donors (Lipinski definition) is 2. The van der Waals surface area contributed by atoms with Crippen molar-refractivity contribution in [2.24, 2.45) is 0 Å². The molecule has 1 amide bonds. The summed E-state index contributed by atoms with van der Waals surface area (Å²) in [4.78, 5) is 13.4. The Kier molecular flexibility index (Phi) is 7.12. The number of anilines is 1. The Bertz CT molecular complexity index is 1280. The second-order valence-corrected chi connectivity index (χ2v) is 8.80. The van der Waals surface area contributed by atoms with E-state index >= 15 is 0 Å². The van der Waals surface area contributed by atoms with Gasteiger partial charge in [-0.2, -0.15) is 0 Å². The van der Waals surface area contributed by atoms with Crippen LogP contribution in [0.4, 0.5) is 10.1 Å². The van der Waals surface area contributed by atoms with Gasteiger partial charge in [-0.15, -0.1) is 10.2 Å². The van der Waals surface area contributed by atoms with Crippen LogP contribution in [0.15, 0.2) is 78.0 Å². The number of hydrogen-bond acceptors (Lipinski definition) is 6. The molecule has 0 saturated carbocycles. The minimum atomic E-state index is -0.613. The summed E-state index contributed by atoms with van der Waals surface area (Å²) in [6.07, 6.45) is 0. The highest BCUT2D eigenvalue weighted by Crippen LogP contribution is 2.35. The van der Waals surface area contributed by atoms with Crippen LogP contribution in [0.5, 0.6) is 5.75 Å². The number of nitrogens with two attached hydrogens (primary N) is 1. The zero-order valence-electron chi connectivity index (χ0n) is 18.7. The fourth-order valence-corrected chi connectivity index (χ4v) is 4.22. The Morgan fingerprint density at radius 2 is 1.82 bits per heavy atom. The third-order valence-corrected chi connectivity index (χ3v) is 6.34. The van der Waals surface area contributed by atoms with E-state index in [4.69, 9.17) is 10.6 Å². The van der Waals surface area contributed by atoms with Crippen molar-refractivity contribution in [2.75, 3.05) is 11.2 Å². The molecule has 4 aromatic rings. The van der Waals surface area contributed by atoms with Crippen LogP contribution in [0.25, 0.3) is 0 Å². The first kappa shape index (κ1) is 23.3. The molecule has 7 nitrogen and oxygen atoms in total. The molecule has 1 atom stereocenters. The predicted molar refractivity (Wildman–Crippen MR) is 130 cm³/mol. The topological polar surface area (TPSA) is 95.1 Å². The number of benzene rings is 3. The minimum absolute atomic E-state index is 0.0420. The number of aromatic nitrogens is 3. The van der Waals surface area contributed by atoms with Crippen LogP contribution in [0, 0.1) is 19.7 Å². The van der Waals surface area contributed by atoms with Crippen LogP contribution >= 0.6 is 11.8 Å². The van der Waals surface area contributed by atoms with Gasteiger partial charge in [-0.25, -0.2) is 9.07 Å². The molecule has 3 N–H and O–H groups in total. The summed E-state index contributed by atoms with van der Waals surface area (Å²) >= 11 is 1.20. The summed E-state index contributed by atoms with van der Waals surface area (Å²) in [5.74, 6) is 6.52. The highest BCUT2D eigenvalue weighted by atomic mass is 32.2. The third kappa shape index (κ3) is 5.55. The van der Waals surface area contributed by atoms with Crippen molar-refractivity contribution in [3.63, 3.8) is 0 Å². The second-order valence-electron chi connectivity index (χ2n) is 7.73. The number of rotatable bonds is 8. The molecule has 0 bridgehead atoms. The number of amides is 1. The Hall–Kier alpha value is -3.85. The zero-order valence-corrected chi connectivity index (χ0v) is 19.6. The largest absolute Gasteiger partial charge is 0.486 e. The normalized spacial score (nSPS) is 11.7. The third-order valence-electron chi connectivity index (χ3n) is 5.13. The quantitative estimate of drug-likeness (QED) is 0.280. The van der Waals surface area contributed by atoms with Gasteiger partial charge in [0.15, 0.2) is 5.82 Å². The van der Waals surface area contributed by atoms with E-state index < -0.39 is 5.25 Å². The van der Waals surface area contributed by atoms with E-state index in [-0.39, 0.29) is 18.3 Å². The van der Waals surface area contributed by atoms with E-state index in [1.165, 1.54) is 40.7 Å². The number of carbonyl (C=O) groups is 1. The number of nitrogens with one attached hydrogen (secondary N) is 1. The fourth-order valence-electron chi connectivity index (χ4n) is 3.24. The number of carbonyl (C=O) groups excluding carboxylic acids is 1. The van der Waals surface area contributed by atoms with E-state index in [1.54, 1.807) is 0 Å². The maximum Gasteiger partial charge on any atom is 0.242 e. The van der Waals surface area contributed by atoms with Gasteiger partial charge >= 0.3 is 0 Å². The van der Waals surface area contributed by atoms with Gasteiger partial charge in [0.2, 0.25) is 11.1 Å². The summed E-state index contributed by atoms with van der Waals surface area (Å²) in [5, 5.41) is 11.0. The molecule has 1 aromatic heterocycles. The van der Waals surface area contributed by atoms with Crippen LogP contribution < -0.4 is 15.9 Å². The van der Waals surface area contributed by atoms with E-state index in [2.05, 4.69) is 15.5 Å². The summed E-state index contributed by atoms with van der Waals surface area (Å²) < 4.78 is 20.0. The molecule has 4 rings (SSSR count). The lowest BCUT2D eigenvalue weighted by Crippen LogP contribution is -2.21. The standard InChI is InChI=1S/C25H24FN5O2S/c1-16-8-9-17(2)21(14-16)28-24(32)23(18-6-4-3-5-7-18)34-25-30-29-22(31(25)27)15-33-20-12-10-19(26)11-13-20/h3-14,23H,15,27H2,1-2H3,(H,28,32). The number of halogens is 1. The van der Waals surface area contributed by atoms with Gasteiger partial charge in [-0.3, -0.25) is 4.79 Å². The van der Waals surface area contributed by atoms with E-state index in [1.807, 2.05) is 62.4 Å². The van der Waals surface area contributed by atoms with Crippen LogP contribution in [-0.4, -0.2) is 20.8 Å². The monoisotopic (exact) mass is 477 g/mol. The Morgan fingerprint density at radius 1 is 1.09 bits per heavy atom. The average Bonchev–Trinajstić information content (AvgIpc) is 3.19. The summed E-state index contributed by atoms with van der Waals surface area (Å²) in [7, 11) is 0. The molecule has 0 saturated heterocycles. The van der Waals surface area contributed by atoms with Crippen molar-refractivity contribution >= 4 is 23.4 Å². The number of thioether (sulfide) groups is 1. The van der Waals surface area contributed by atoms with Gasteiger partial charge in [-0.1, -0.05) is 54.2 Å². The Balaban J connectivity index is 1.53. The molecule has 34 heavy (non-hydrogen) atoms. The molecule has 9 heteroatoms. The molecular formula is C25H24FN5O2S. The lowest BCUT2D eigenvalue weighted by atomic mass is 10.1. The maximum absolute atomic E-state index is 13.4. The molecule has 3 aromatic carbocycles. The van der Waals surface area contributed by atoms with Crippen LogP contribution in [0.2, 0.25) is 0 Å². The van der Waals surface area contributed by atoms with E-state index in [0.717, 1.165) is 22.4 Å². The molecule has 0 aliphatic heterocycles. The Morgan fingerprint density at radius 3 is 2.56 bits per heavy atom. The average molecular weight is 478 g/mol. The first-order valence-corrected chi connectivity index (χ1v) is 11.5. The van der Waals surface area contributed by atoms with Gasteiger partial charge in [0.1, 0.15) is 23.4 Å². The van der Waals surface area contributed by atoms with Crippen LogP contribution in [0.3, 0.4) is 0 Å². The molecule has 0 fully saturated rings. The summed E-state index contributed by atoms with van der Waals surface area (Å²) in [5.41, 5.74) is 3.59. The summed E-state index contributed by atoms with van der Waals surface area (Å²) in [6, 6.07) is 21.0. The summed E-state index contributed by atoms with van der Waals surface area (Å²) in [6.45, 7) is 3.97. The molecule has 0 radical (unpaired) electrons. The number of nitrogens with zero attached hydrogens (tertiary/aromatic N) is 3. The van der Waals surface area contributed by atoms with Crippen LogP contribution in [-0.2, 0) is 11.4 Å². The molecule has 0 spiro atoms. The highest BCUT2D eigenvalue weighted by molar-refractivity contribution is 8.00.